The molecule has 0 spiro atoms. The zero-order chi connectivity index (χ0) is 20.8. The Morgan fingerprint density at radius 2 is 2.00 bits per heavy atom. The quantitative estimate of drug-likeness (QED) is 0.603. The Balaban J connectivity index is 1.53. The number of hydrogen-bond acceptors (Lipinski definition) is 5. The molecule has 2 heterocycles. The Kier molecular flexibility index (Phi) is 5.29. The molecule has 3 aromatic rings. The van der Waals surface area contributed by atoms with Crippen LogP contribution in [0.5, 0.6) is 0 Å². The lowest BCUT2D eigenvalue weighted by Crippen LogP contribution is -2.27. The molecule has 0 radical (unpaired) electrons. The molecular formula is C19H15Cl2N3O3S2. The largest absolute Gasteiger partial charge is 0.298 e. The number of anilines is 2. The van der Waals surface area contributed by atoms with Gasteiger partial charge in [-0.2, -0.15) is 0 Å². The smallest absolute Gasteiger partial charge is 0.257 e. The van der Waals surface area contributed by atoms with Gasteiger partial charge in [0.2, 0.25) is 10.0 Å². The van der Waals surface area contributed by atoms with Crippen LogP contribution < -0.4 is 9.62 Å². The topological polar surface area (TPSA) is 79.4 Å². The molecule has 1 aliphatic rings. The van der Waals surface area contributed by atoms with Crippen molar-refractivity contribution in [2.24, 2.45) is 0 Å². The Morgan fingerprint density at radius 1 is 1.21 bits per heavy atom. The van der Waals surface area contributed by atoms with Gasteiger partial charge >= 0.3 is 0 Å². The van der Waals surface area contributed by atoms with Gasteiger partial charge in [0.1, 0.15) is 0 Å². The van der Waals surface area contributed by atoms with Gasteiger partial charge in [0, 0.05) is 28.1 Å². The fourth-order valence-corrected chi connectivity index (χ4v) is 5.35. The second-order valence-corrected chi connectivity index (χ2v) is 10.2. The number of carbonyl (C=O) groups excluding carboxylic acids is 1. The number of hydrogen-bond donors (Lipinski definition) is 1. The Labute approximate surface area is 182 Å². The molecule has 0 unspecified atom stereocenters. The zero-order valence-electron chi connectivity index (χ0n) is 15.1. The predicted molar refractivity (Wildman–Crippen MR) is 118 cm³/mol. The zero-order valence-corrected chi connectivity index (χ0v) is 18.3. The van der Waals surface area contributed by atoms with E-state index in [0.29, 0.717) is 45.1 Å². The summed E-state index contributed by atoms with van der Waals surface area (Å²) in [4.78, 5) is 17.1. The molecule has 2 aromatic carbocycles. The van der Waals surface area contributed by atoms with E-state index in [2.05, 4.69) is 10.3 Å². The van der Waals surface area contributed by atoms with Crippen molar-refractivity contribution in [3.63, 3.8) is 0 Å². The van der Waals surface area contributed by atoms with E-state index < -0.39 is 10.0 Å². The Hall–Kier alpha value is -2.13. The van der Waals surface area contributed by atoms with Crippen molar-refractivity contribution in [2.45, 2.75) is 6.42 Å². The maximum atomic E-state index is 12.6. The third-order valence-corrected chi connectivity index (χ3v) is 7.01. The molecule has 1 amide bonds. The summed E-state index contributed by atoms with van der Waals surface area (Å²) >= 11 is 13.4. The van der Waals surface area contributed by atoms with Crippen molar-refractivity contribution >= 4 is 61.3 Å². The molecule has 0 fully saturated rings. The summed E-state index contributed by atoms with van der Waals surface area (Å²) in [7, 11) is -3.32. The molecule has 10 heteroatoms. The maximum Gasteiger partial charge on any atom is 0.257 e. The molecule has 0 saturated heterocycles. The summed E-state index contributed by atoms with van der Waals surface area (Å²) in [6.07, 6.45) is 1.75. The molecule has 1 aliphatic heterocycles. The van der Waals surface area contributed by atoms with Crippen LogP contribution in [0, 0.1) is 0 Å². The van der Waals surface area contributed by atoms with Crippen molar-refractivity contribution in [1.29, 1.82) is 0 Å². The van der Waals surface area contributed by atoms with Crippen LogP contribution in [0.1, 0.15) is 15.9 Å². The first-order chi connectivity index (χ1) is 13.7. The van der Waals surface area contributed by atoms with Crippen molar-refractivity contribution in [2.75, 3.05) is 22.4 Å². The molecule has 6 nitrogen and oxygen atoms in total. The van der Waals surface area contributed by atoms with Crippen LogP contribution in [0.3, 0.4) is 0 Å². The van der Waals surface area contributed by atoms with E-state index in [9.17, 15) is 13.2 Å². The molecule has 1 N–H and O–H groups in total. The number of halogens is 2. The molecule has 4 rings (SSSR count). The highest BCUT2D eigenvalue weighted by Crippen LogP contribution is 2.33. The van der Waals surface area contributed by atoms with Crippen LogP contribution in [0.4, 0.5) is 10.8 Å². The number of sulfonamides is 1. The van der Waals surface area contributed by atoms with Gasteiger partial charge < -0.3 is 0 Å². The van der Waals surface area contributed by atoms with E-state index in [1.807, 2.05) is 0 Å². The van der Waals surface area contributed by atoms with Gasteiger partial charge in [-0.3, -0.25) is 14.4 Å². The third kappa shape index (κ3) is 4.11. The fourth-order valence-electron chi connectivity index (χ4n) is 3.18. The number of rotatable bonds is 4. The van der Waals surface area contributed by atoms with E-state index in [0.717, 1.165) is 11.1 Å². The third-order valence-electron chi connectivity index (χ3n) is 4.53. The number of aromatic nitrogens is 1. The number of fused-ring (bicyclic) bond motifs is 1. The molecule has 29 heavy (non-hydrogen) atoms. The van der Waals surface area contributed by atoms with E-state index in [4.69, 9.17) is 23.2 Å². The van der Waals surface area contributed by atoms with Gasteiger partial charge in [0.25, 0.3) is 5.91 Å². The highest BCUT2D eigenvalue weighted by molar-refractivity contribution is 7.92. The van der Waals surface area contributed by atoms with Gasteiger partial charge in [-0.1, -0.05) is 23.2 Å². The highest BCUT2D eigenvalue weighted by atomic mass is 35.5. The molecule has 0 bridgehead atoms. The van der Waals surface area contributed by atoms with Gasteiger partial charge in [0.15, 0.2) is 5.13 Å². The van der Waals surface area contributed by atoms with E-state index in [1.54, 1.807) is 41.8 Å². The molecular weight excluding hydrogens is 453 g/mol. The summed E-state index contributed by atoms with van der Waals surface area (Å²) in [5.74, 6) is -0.311. The van der Waals surface area contributed by atoms with E-state index >= 15 is 0 Å². The normalized spacial score (nSPS) is 13.4. The Bertz CT molecular complexity index is 1230. The van der Waals surface area contributed by atoms with Crippen LogP contribution in [-0.2, 0) is 16.4 Å². The number of benzene rings is 2. The van der Waals surface area contributed by atoms with Gasteiger partial charge in [-0.05, 0) is 48.4 Å². The van der Waals surface area contributed by atoms with Crippen LogP contribution in [0.25, 0.3) is 11.3 Å². The van der Waals surface area contributed by atoms with Crippen LogP contribution in [0.15, 0.2) is 41.8 Å². The van der Waals surface area contributed by atoms with E-state index in [-0.39, 0.29) is 5.91 Å². The number of thiazole rings is 1. The number of nitrogens with one attached hydrogen (secondary N) is 1. The van der Waals surface area contributed by atoms with Gasteiger partial charge in [-0.15, -0.1) is 11.3 Å². The fraction of sp³-hybridized carbons (Fsp3) is 0.158. The predicted octanol–water partition coefficient (Wildman–Crippen LogP) is 4.69. The Morgan fingerprint density at radius 3 is 2.72 bits per heavy atom. The lowest BCUT2D eigenvalue weighted by molar-refractivity contribution is 0.102. The van der Waals surface area contributed by atoms with E-state index in [1.165, 1.54) is 21.9 Å². The summed E-state index contributed by atoms with van der Waals surface area (Å²) in [6.45, 7) is 0.386. The monoisotopic (exact) mass is 467 g/mol. The number of amides is 1. The second kappa shape index (κ2) is 7.60. The first-order valence-corrected chi connectivity index (χ1v) is 12.0. The number of nitrogens with zero attached hydrogens (tertiary/aromatic N) is 2. The van der Waals surface area contributed by atoms with Crippen molar-refractivity contribution in [3.05, 3.63) is 63.0 Å². The number of carbonyl (C=O) groups is 1. The maximum absolute atomic E-state index is 12.6. The van der Waals surface area contributed by atoms with Gasteiger partial charge in [-0.25, -0.2) is 13.4 Å². The molecule has 0 atom stereocenters. The van der Waals surface area contributed by atoms with Crippen LogP contribution >= 0.6 is 34.5 Å². The summed E-state index contributed by atoms with van der Waals surface area (Å²) in [6, 6.07) is 10.1. The average molecular weight is 468 g/mol. The lowest BCUT2D eigenvalue weighted by Gasteiger charge is -2.16. The van der Waals surface area contributed by atoms with Crippen LogP contribution in [-0.4, -0.2) is 32.1 Å². The van der Waals surface area contributed by atoms with Crippen molar-refractivity contribution < 1.29 is 13.2 Å². The minimum atomic E-state index is -3.32. The summed E-state index contributed by atoms with van der Waals surface area (Å²) < 4.78 is 25.0. The lowest BCUT2D eigenvalue weighted by atomic mass is 10.1. The SMILES string of the molecule is CS(=O)(=O)N1CCc2cc(C(=O)Nc3nc(-c4ccc(Cl)cc4Cl)cs3)ccc21. The average Bonchev–Trinajstić information content (AvgIpc) is 3.27. The molecule has 150 valence electrons. The van der Waals surface area contributed by atoms with Crippen molar-refractivity contribution in [3.8, 4) is 11.3 Å². The molecule has 1 aromatic heterocycles. The second-order valence-electron chi connectivity index (χ2n) is 6.54. The first kappa shape index (κ1) is 20.2. The van der Waals surface area contributed by atoms with Crippen molar-refractivity contribution in [1.82, 2.24) is 4.98 Å². The summed E-state index contributed by atoms with van der Waals surface area (Å²) in [5, 5.41) is 6.04. The minimum Gasteiger partial charge on any atom is -0.298 e. The summed E-state index contributed by atoms with van der Waals surface area (Å²) in [5.41, 5.74) is 3.27. The highest BCUT2D eigenvalue weighted by Gasteiger charge is 2.26. The minimum absolute atomic E-state index is 0.311. The van der Waals surface area contributed by atoms with Crippen LogP contribution in [0.2, 0.25) is 10.0 Å². The molecule has 0 aliphatic carbocycles. The molecule has 0 saturated carbocycles. The van der Waals surface area contributed by atoms with Gasteiger partial charge in [0.05, 0.1) is 22.7 Å². The standard InChI is InChI=1S/C19H15Cl2N3O3S2/c1-29(26,27)24-7-6-11-8-12(2-5-17(11)24)18(25)23-19-22-16(10-28-19)14-4-3-13(20)9-15(14)21/h2-5,8-10H,6-7H2,1H3,(H,22,23,25). The first-order valence-electron chi connectivity index (χ1n) is 8.55.